The van der Waals surface area contributed by atoms with Crippen LogP contribution in [-0.4, -0.2) is 25.2 Å². The molecule has 0 saturated heterocycles. The molecule has 4 nitrogen and oxygen atoms in total. The van der Waals surface area contributed by atoms with Crippen LogP contribution in [0, 0.1) is 0 Å². The van der Waals surface area contributed by atoms with Crippen molar-refractivity contribution in [1.82, 2.24) is 0 Å². The average Bonchev–Trinajstić information content (AvgIpc) is 3.07. The first kappa shape index (κ1) is 45.9. The van der Waals surface area contributed by atoms with E-state index >= 15 is 0 Å². The highest BCUT2D eigenvalue weighted by Gasteiger charge is 2.04. The molecule has 0 aliphatic carbocycles. The lowest BCUT2D eigenvalue weighted by Crippen LogP contribution is -2.06. The first-order valence-electron chi connectivity index (χ1n) is 21.5. The Hall–Kier alpha value is -1.06. The van der Waals surface area contributed by atoms with Crippen LogP contribution in [0.2, 0.25) is 0 Å². The zero-order chi connectivity index (χ0) is 34.1. The van der Waals surface area contributed by atoms with Gasteiger partial charge in [0, 0.05) is 12.8 Å². The molecule has 0 N–H and O–H groups in total. The maximum Gasteiger partial charge on any atom is 0.305 e. The maximum atomic E-state index is 12.0. The largest absolute Gasteiger partial charge is 0.466 e. The molecule has 0 aromatic carbocycles. The number of carbonyl (C=O) groups excluding carboxylic acids is 2. The summed E-state index contributed by atoms with van der Waals surface area (Å²) in [6.45, 7) is 5.71. The summed E-state index contributed by atoms with van der Waals surface area (Å²) in [5, 5.41) is 0. The number of rotatable bonds is 40. The number of unbranched alkanes of at least 4 members (excludes halogenated alkanes) is 32. The summed E-state index contributed by atoms with van der Waals surface area (Å²) in [4.78, 5) is 23.9. The standard InChI is InChI=1S/C43H84O4/c1-3-5-7-9-11-13-15-17-19-21-23-26-30-34-38-42(44)46-40-36-32-28-25-29-33-37-41-47-43(45)39-35-31-27-24-22-20-18-16-14-12-10-8-6-4-2/h3-41H2,1-2H3. The van der Waals surface area contributed by atoms with Gasteiger partial charge in [-0.1, -0.05) is 213 Å². The number of ether oxygens (including phenoxy) is 2. The summed E-state index contributed by atoms with van der Waals surface area (Å²) in [5.74, 6) is -0.0225. The minimum Gasteiger partial charge on any atom is -0.466 e. The third-order valence-corrected chi connectivity index (χ3v) is 9.78. The Morgan fingerprint density at radius 3 is 0.702 bits per heavy atom. The molecule has 0 unspecified atom stereocenters. The first-order valence-corrected chi connectivity index (χ1v) is 21.5. The van der Waals surface area contributed by atoms with Crippen molar-refractivity contribution in [2.45, 2.75) is 251 Å². The Bertz CT molecular complexity index is 567. The molecule has 0 fully saturated rings. The van der Waals surface area contributed by atoms with Gasteiger partial charge in [-0.05, 0) is 25.7 Å². The van der Waals surface area contributed by atoms with E-state index in [-0.39, 0.29) is 11.9 Å². The van der Waals surface area contributed by atoms with E-state index in [9.17, 15) is 9.59 Å². The molecule has 0 saturated carbocycles. The van der Waals surface area contributed by atoms with Crippen molar-refractivity contribution in [1.29, 1.82) is 0 Å². The summed E-state index contributed by atoms with van der Waals surface area (Å²) in [6.07, 6.45) is 46.4. The van der Waals surface area contributed by atoms with E-state index in [0.29, 0.717) is 26.1 Å². The SMILES string of the molecule is CCCCCCCCCCCCCCCCC(=O)OCCCCCCCCCOC(=O)CCCCCCCCCCCCCCCC. The zero-order valence-corrected chi connectivity index (χ0v) is 32.2. The van der Waals surface area contributed by atoms with Gasteiger partial charge in [0.1, 0.15) is 0 Å². The minimum absolute atomic E-state index is 0.0113. The molecule has 0 aromatic heterocycles. The van der Waals surface area contributed by atoms with Crippen molar-refractivity contribution in [2.24, 2.45) is 0 Å². The molecule has 0 bridgehead atoms. The quantitative estimate of drug-likeness (QED) is 0.0483. The smallest absolute Gasteiger partial charge is 0.305 e. The van der Waals surface area contributed by atoms with Crippen molar-refractivity contribution in [3.63, 3.8) is 0 Å². The van der Waals surface area contributed by atoms with Crippen LogP contribution in [0.4, 0.5) is 0 Å². The summed E-state index contributed by atoms with van der Waals surface area (Å²) in [5.41, 5.74) is 0. The van der Waals surface area contributed by atoms with Crippen molar-refractivity contribution < 1.29 is 19.1 Å². The molecule has 0 aliphatic heterocycles. The van der Waals surface area contributed by atoms with Crippen molar-refractivity contribution in [3.05, 3.63) is 0 Å². The summed E-state index contributed by atoms with van der Waals surface area (Å²) in [6, 6.07) is 0. The van der Waals surface area contributed by atoms with Crippen LogP contribution in [0.15, 0.2) is 0 Å². The third-order valence-electron chi connectivity index (χ3n) is 9.78. The first-order chi connectivity index (χ1) is 23.2. The van der Waals surface area contributed by atoms with Crippen molar-refractivity contribution >= 4 is 11.9 Å². The molecule has 280 valence electrons. The second-order valence-corrected chi connectivity index (χ2v) is 14.6. The highest BCUT2D eigenvalue weighted by Crippen LogP contribution is 2.15. The molecule has 0 amide bonds. The topological polar surface area (TPSA) is 52.6 Å². The van der Waals surface area contributed by atoms with Gasteiger partial charge < -0.3 is 9.47 Å². The van der Waals surface area contributed by atoms with Gasteiger partial charge in [0.25, 0.3) is 0 Å². The molecule has 0 spiro atoms. The molecule has 0 aromatic rings. The van der Waals surface area contributed by atoms with E-state index in [2.05, 4.69) is 13.8 Å². The minimum atomic E-state index is -0.0113. The summed E-state index contributed by atoms with van der Waals surface area (Å²) < 4.78 is 10.9. The van der Waals surface area contributed by atoms with E-state index in [1.165, 1.54) is 173 Å². The summed E-state index contributed by atoms with van der Waals surface area (Å²) >= 11 is 0. The van der Waals surface area contributed by atoms with Gasteiger partial charge in [-0.25, -0.2) is 0 Å². The van der Waals surface area contributed by atoms with Crippen LogP contribution in [0.3, 0.4) is 0 Å². The Balaban J connectivity index is 3.23. The fraction of sp³-hybridized carbons (Fsp3) is 0.953. The molecule has 0 radical (unpaired) electrons. The second kappa shape index (κ2) is 41.1. The van der Waals surface area contributed by atoms with E-state index < -0.39 is 0 Å². The Morgan fingerprint density at radius 2 is 0.468 bits per heavy atom. The molecule has 0 heterocycles. The second-order valence-electron chi connectivity index (χ2n) is 14.6. The molecular formula is C43H84O4. The van der Waals surface area contributed by atoms with Gasteiger partial charge in [-0.2, -0.15) is 0 Å². The molecule has 47 heavy (non-hydrogen) atoms. The van der Waals surface area contributed by atoms with Crippen LogP contribution < -0.4 is 0 Å². The van der Waals surface area contributed by atoms with E-state index in [1.54, 1.807) is 0 Å². The normalized spacial score (nSPS) is 11.3. The number of esters is 2. The number of carbonyl (C=O) groups is 2. The van der Waals surface area contributed by atoms with Crippen LogP contribution in [0.5, 0.6) is 0 Å². The fourth-order valence-corrected chi connectivity index (χ4v) is 6.53. The van der Waals surface area contributed by atoms with Crippen LogP contribution >= 0.6 is 0 Å². The number of hydrogen-bond acceptors (Lipinski definition) is 4. The Morgan fingerprint density at radius 1 is 0.277 bits per heavy atom. The molecule has 4 heteroatoms. The predicted molar refractivity (Wildman–Crippen MR) is 204 cm³/mol. The van der Waals surface area contributed by atoms with Gasteiger partial charge in [0.15, 0.2) is 0 Å². The molecular weight excluding hydrogens is 580 g/mol. The van der Waals surface area contributed by atoms with E-state index in [4.69, 9.17) is 9.47 Å². The highest BCUT2D eigenvalue weighted by molar-refractivity contribution is 5.69. The van der Waals surface area contributed by atoms with E-state index in [0.717, 1.165) is 51.4 Å². The van der Waals surface area contributed by atoms with Crippen LogP contribution in [0.25, 0.3) is 0 Å². The fourth-order valence-electron chi connectivity index (χ4n) is 6.53. The van der Waals surface area contributed by atoms with Crippen molar-refractivity contribution in [3.8, 4) is 0 Å². The maximum absolute atomic E-state index is 12.0. The van der Waals surface area contributed by atoms with Gasteiger partial charge in [0.05, 0.1) is 13.2 Å². The lowest BCUT2D eigenvalue weighted by Gasteiger charge is -2.06. The summed E-state index contributed by atoms with van der Waals surface area (Å²) in [7, 11) is 0. The molecule has 0 aliphatic rings. The highest BCUT2D eigenvalue weighted by atomic mass is 16.5. The van der Waals surface area contributed by atoms with Crippen molar-refractivity contribution in [2.75, 3.05) is 13.2 Å². The van der Waals surface area contributed by atoms with Gasteiger partial charge in [-0.3, -0.25) is 9.59 Å². The Labute approximate surface area is 295 Å². The third kappa shape index (κ3) is 41.0. The predicted octanol–water partition coefficient (Wildman–Crippen LogP) is 14.5. The Kier molecular flexibility index (Phi) is 40.2. The molecule has 0 atom stereocenters. The van der Waals surface area contributed by atoms with Crippen LogP contribution in [-0.2, 0) is 19.1 Å². The van der Waals surface area contributed by atoms with Gasteiger partial charge in [0.2, 0.25) is 0 Å². The van der Waals surface area contributed by atoms with Crippen LogP contribution in [0.1, 0.15) is 251 Å². The lowest BCUT2D eigenvalue weighted by atomic mass is 10.0. The van der Waals surface area contributed by atoms with Gasteiger partial charge >= 0.3 is 11.9 Å². The number of hydrogen-bond donors (Lipinski definition) is 0. The molecule has 0 rings (SSSR count). The van der Waals surface area contributed by atoms with E-state index in [1.807, 2.05) is 0 Å². The zero-order valence-electron chi connectivity index (χ0n) is 32.2. The average molecular weight is 665 g/mol. The monoisotopic (exact) mass is 665 g/mol. The van der Waals surface area contributed by atoms with Gasteiger partial charge in [-0.15, -0.1) is 0 Å². The lowest BCUT2D eigenvalue weighted by molar-refractivity contribution is -0.144.